The summed E-state index contributed by atoms with van der Waals surface area (Å²) >= 11 is 0. The Morgan fingerprint density at radius 2 is 1.89 bits per heavy atom. The van der Waals surface area contributed by atoms with E-state index >= 15 is 0 Å². The van der Waals surface area contributed by atoms with Gasteiger partial charge < -0.3 is 19.7 Å². The van der Waals surface area contributed by atoms with Crippen LogP contribution >= 0.6 is 0 Å². The van der Waals surface area contributed by atoms with Crippen molar-refractivity contribution in [3.05, 3.63) is 35.9 Å². The zero-order valence-corrected chi connectivity index (χ0v) is 11.0. The molecule has 0 aromatic heterocycles. The van der Waals surface area contributed by atoms with Crippen molar-refractivity contribution in [1.29, 1.82) is 0 Å². The molecule has 0 amide bonds. The van der Waals surface area contributed by atoms with Gasteiger partial charge in [0.05, 0.1) is 39.0 Å². The first-order valence-electron chi connectivity index (χ1n) is 6.16. The summed E-state index contributed by atoms with van der Waals surface area (Å²) in [6.45, 7) is 0.526. The van der Waals surface area contributed by atoms with E-state index in [0.717, 1.165) is 5.56 Å². The number of carbonyl (C=O) groups is 1. The molecule has 0 radical (unpaired) electrons. The molecule has 2 N–H and O–H groups in total. The van der Waals surface area contributed by atoms with Crippen molar-refractivity contribution < 1.29 is 24.5 Å². The van der Waals surface area contributed by atoms with Gasteiger partial charge in [-0.05, 0) is 5.56 Å². The van der Waals surface area contributed by atoms with E-state index in [1.54, 1.807) is 0 Å². The van der Waals surface area contributed by atoms with Gasteiger partial charge in [-0.15, -0.1) is 0 Å². The summed E-state index contributed by atoms with van der Waals surface area (Å²) in [5, 5.41) is 19.2. The first-order valence-corrected chi connectivity index (χ1v) is 6.16. The molecule has 0 bridgehead atoms. The first kappa shape index (κ1) is 15.6. The van der Waals surface area contributed by atoms with E-state index in [2.05, 4.69) is 4.74 Å². The number of methoxy groups -OCH3 is 1. The lowest BCUT2D eigenvalue weighted by atomic mass is 10.1. The monoisotopic (exact) mass is 268 g/mol. The third kappa shape index (κ3) is 6.91. The van der Waals surface area contributed by atoms with E-state index in [1.807, 2.05) is 30.3 Å². The molecule has 2 atom stereocenters. The second-order valence-electron chi connectivity index (χ2n) is 4.32. The Labute approximate surface area is 112 Å². The van der Waals surface area contributed by atoms with Gasteiger partial charge in [-0.3, -0.25) is 4.79 Å². The Morgan fingerprint density at radius 3 is 2.53 bits per heavy atom. The molecule has 0 fully saturated rings. The number of hydrogen-bond donors (Lipinski definition) is 2. The predicted molar refractivity (Wildman–Crippen MR) is 69.4 cm³/mol. The van der Waals surface area contributed by atoms with Crippen LogP contribution in [0.15, 0.2) is 30.3 Å². The Kier molecular flexibility index (Phi) is 7.10. The van der Waals surface area contributed by atoms with Gasteiger partial charge in [-0.1, -0.05) is 30.3 Å². The van der Waals surface area contributed by atoms with Crippen LogP contribution in [-0.4, -0.2) is 42.1 Å². The average molecular weight is 268 g/mol. The van der Waals surface area contributed by atoms with Gasteiger partial charge >= 0.3 is 5.97 Å². The van der Waals surface area contributed by atoms with Crippen LogP contribution in [0.4, 0.5) is 0 Å². The number of benzene rings is 1. The second kappa shape index (κ2) is 8.63. The van der Waals surface area contributed by atoms with Crippen LogP contribution in [-0.2, 0) is 20.9 Å². The lowest BCUT2D eigenvalue weighted by molar-refractivity contribution is -0.143. The van der Waals surface area contributed by atoms with E-state index in [-0.39, 0.29) is 19.4 Å². The van der Waals surface area contributed by atoms with Crippen LogP contribution in [0.2, 0.25) is 0 Å². The minimum absolute atomic E-state index is 0.0872. The maximum Gasteiger partial charge on any atom is 0.308 e. The third-order valence-electron chi connectivity index (χ3n) is 2.60. The van der Waals surface area contributed by atoms with E-state index in [0.29, 0.717) is 6.61 Å². The highest BCUT2D eigenvalue weighted by Gasteiger charge is 2.16. The summed E-state index contributed by atoms with van der Waals surface area (Å²) in [5.74, 6) is -0.495. The van der Waals surface area contributed by atoms with E-state index in [4.69, 9.17) is 4.74 Å². The Bertz CT molecular complexity index is 365. The number of carbonyl (C=O) groups excluding carboxylic acids is 1. The summed E-state index contributed by atoms with van der Waals surface area (Å²) in [7, 11) is 1.26. The van der Waals surface area contributed by atoms with Gasteiger partial charge in [-0.2, -0.15) is 0 Å². The summed E-state index contributed by atoms with van der Waals surface area (Å²) in [6, 6.07) is 9.60. The molecule has 1 rings (SSSR count). The highest BCUT2D eigenvalue weighted by Crippen LogP contribution is 2.06. The fourth-order valence-electron chi connectivity index (χ4n) is 1.63. The number of ether oxygens (including phenoxy) is 2. The molecule has 1 aromatic rings. The highest BCUT2D eigenvalue weighted by molar-refractivity contribution is 5.69. The van der Waals surface area contributed by atoms with Crippen molar-refractivity contribution in [2.24, 2.45) is 0 Å². The Hall–Kier alpha value is -1.43. The van der Waals surface area contributed by atoms with Crippen molar-refractivity contribution in [3.8, 4) is 0 Å². The summed E-state index contributed by atoms with van der Waals surface area (Å²) in [6.07, 6.45) is -1.75. The molecule has 5 heteroatoms. The Balaban J connectivity index is 2.17. The topological polar surface area (TPSA) is 76.0 Å². The van der Waals surface area contributed by atoms with Gasteiger partial charge in [0.1, 0.15) is 0 Å². The van der Waals surface area contributed by atoms with Gasteiger partial charge in [0.25, 0.3) is 0 Å². The highest BCUT2D eigenvalue weighted by atomic mass is 16.5. The number of aliphatic hydroxyl groups is 2. The van der Waals surface area contributed by atoms with E-state index in [1.165, 1.54) is 7.11 Å². The molecule has 19 heavy (non-hydrogen) atoms. The number of aliphatic hydroxyl groups excluding tert-OH is 2. The van der Waals surface area contributed by atoms with Gasteiger partial charge in [-0.25, -0.2) is 0 Å². The van der Waals surface area contributed by atoms with Gasteiger partial charge in [0, 0.05) is 6.42 Å². The third-order valence-corrected chi connectivity index (χ3v) is 2.60. The Morgan fingerprint density at radius 1 is 1.21 bits per heavy atom. The van der Waals surface area contributed by atoms with Crippen LogP contribution in [0.25, 0.3) is 0 Å². The lowest BCUT2D eigenvalue weighted by Crippen LogP contribution is -2.24. The van der Waals surface area contributed by atoms with Crippen LogP contribution in [0.1, 0.15) is 18.4 Å². The molecule has 0 heterocycles. The minimum atomic E-state index is -0.914. The van der Waals surface area contributed by atoms with E-state index in [9.17, 15) is 15.0 Å². The molecule has 0 aliphatic rings. The molecule has 0 spiro atoms. The molecule has 0 aliphatic carbocycles. The van der Waals surface area contributed by atoms with Crippen molar-refractivity contribution in [1.82, 2.24) is 0 Å². The minimum Gasteiger partial charge on any atom is -0.469 e. The van der Waals surface area contributed by atoms with Crippen LogP contribution in [0.3, 0.4) is 0 Å². The maximum atomic E-state index is 10.9. The number of hydrogen-bond acceptors (Lipinski definition) is 5. The summed E-state index contributed by atoms with van der Waals surface area (Å²) in [5.41, 5.74) is 1.02. The standard InChI is InChI=1S/C14H20O5/c1-18-14(17)8-12(15)7-13(16)10-19-9-11-5-3-2-4-6-11/h2-6,12-13,15-16H,7-10H2,1H3/t12-,13-/m0/s1. The molecular weight excluding hydrogens is 248 g/mol. The zero-order chi connectivity index (χ0) is 14.1. The molecule has 0 saturated heterocycles. The molecule has 106 valence electrons. The SMILES string of the molecule is COC(=O)C[C@@H](O)C[C@H](O)COCc1ccccc1. The second-order valence-corrected chi connectivity index (χ2v) is 4.32. The predicted octanol–water partition coefficient (Wildman–Crippen LogP) is 0.878. The summed E-state index contributed by atoms with van der Waals surface area (Å²) in [4.78, 5) is 10.9. The molecule has 0 saturated carbocycles. The van der Waals surface area contributed by atoms with Crippen molar-refractivity contribution in [2.45, 2.75) is 31.7 Å². The largest absolute Gasteiger partial charge is 0.469 e. The zero-order valence-electron chi connectivity index (χ0n) is 11.0. The fraction of sp³-hybridized carbons (Fsp3) is 0.500. The van der Waals surface area contributed by atoms with Gasteiger partial charge in [0.15, 0.2) is 0 Å². The van der Waals surface area contributed by atoms with Crippen LogP contribution in [0, 0.1) is 0 Å². The lowest BCUT2D eigenvalue weighted by Gasteiger charge is -2.15. The van der Waals surface area contributed by atoms with Crippen molar-refractivity contribution >= 4 is 5.97 Å². The molecule has 1 aromatic carbocycles. The number of rotatable bonds is 8. The molecule has 5 nitrogen and oxygen atoms in total. The molecule has 0 unspecified atom stereocenters. The van der Waals surface area contributed by atoms with Gasteiger partial charge in [0.2, 0.25) is 0 Å². The number of esters is 1. The van der Waals surface area contributed by atoms with E-state index < -0.39 is 18.2 Å². The average Bonchev–Trinajstić information content (AvgIpc) is 2.39. The van der Waals surface area contributed by atoms with Crippen molar-refractivity contribution in [3.63, 3.8) is 0 Å². The fourth-order valence-corrected chi connectivity index (χ4v) is 1.63. The first-order chi connectivity index (χ1) is 9.11. The maximum absolute atomic E-state index is 10.9. The summed E-state index contributed by atoms with van der Waals surface area (Å²) < 4.78 is 9.77. The molecular formula is C14H20O5. The van der Waals surface area contributed by atoms with Crippen LogP contribution < -0.4 is 0 Å². The smallest absolute Gasteiger partial charge is 0.308 e. The quantitative estimate of drug-likeness (QED) is 0.684. The van der Waals surface area contributed by atoms with Crippen molar-refractivity contribution in [2.75, 3.05) is 13.7 Å². The van der Waals surface area contributed by atoms with Crippen LogP contribution in [0.5, 0.6) is 0 Å². The normalized spacial score (nSPS) is 13.8. The molecule has 0 aliphatic heterocycles.